The lowest BCUT2D eigenvalue weighted by atomic mass is 10.1. The summed E-state index contributed by atoms with van der Waals surface area (Å²) in [5.74, 6) is -0.248. The van der Waals surface area contributed by atoms with Gasteiger partial charge in [0, 0.05) is 5.69 Å². The normalized spacial score (nSPS) is 12.3. The number of benzene rings is 1. The minimum Gasteiger partial charge on any atom is -0.348 e. The molecule has 3 rings (SSSR count). The predicted octanol–water partition coefficient (Wildman–Crippen LogP) is 1.99. The summed E-state index contributed by atoms with van der Waals surface area (Å²) in [7, 11) is 0. The van der Waals surface area contributed by atoms with Gasteiger partial charge in [0.2, 0.25) is 5.91 Å². The monoisotopic (exact) mass is 324 g/mol. The van der Waals surface area contributed by atoms with Gasteiger partial charge in [-0.25, -0.2) is 9.48 Å². The van der Waals surface area contributed by atoms with E-state index in [-0.39, 0.29) is 24.2 Å². The summed E-state index contributed by atoms with van der Waals surface area (Å²) < 4.78 is 2.77. The Morgan fingerprint density at radius 1 is 1.25 bits per heavy atom. The number of nitrogens with zero attached hydrogens (tertiary/aromatic N) is 3. The standard InChI is InChI=1S/C18H20N4O2/c1-12-9-13(2)22-16(12)10-19-21(18(22)24)11-17(23)20-14(3)15-7-5-4-6-8-15/h4-10,14H,11H2,1-3H3,(H,20,23)/t14-/m0/s1. The van der Waals surface area contributed by atoms with Gasteiger partial charge in [-0.15, -0.1) is 0 Å². The molecule has 0 aliphatic heterocycles. The average molecular weight is 324 g/mol. The molecule has 124 valence electrons. The summed E-state index contributed by atoms with van der Waals surface area (Å²) in [5.41, 5.74) is 3.30. The Labute approximate surface area is 139 Å². The second-order valence-corrected chi connectivity index (χ2v) is 5.97. The van der Waals surface area contributed by atoms with Crippen LogP contribution < -0.4 is 11.0 Å². The molecule has 0 saturated carbocycles. The van der Waals surface area contributed by atoms with Crippen molar-refractivity contribution < 1.29 is 4.79 Å². The van der Waals surface area contributed by atoms with Gasteiger partial charge in [0.1, 0.15) is 6.54 Å². The molecule has 1 N–H and O–H groups in total. The first-order chi connectivity index (χ1) is 11.5. The summed E-state index contributed by atoms with van der Waals surface area (Å²) in [6.07, 6.45) is 1.62. The van der Waals surface area contributed by atoms with Gasteiger partial charge in [-0.2, -0.15) is 5.10 Å². The number of rotatable bonds is 4. The largest absolute Gasteiger partial charge is 0.349 e. The number of hydrogen-bond acceptors (Lipinski definition) is 3. The van der Waals surface area contributed by atoms with Crippen molar-refractivity contribution in [1.29, 1.82) is 0 Å². The van der Waals surface area contributed by atoms with Gasteiger partial charge in [0.05, 0.1) is 17.8 Å². The Balaban J connectivity index is 1.80. The highest BCUT2D eigenvalue weighted by Crippen LogP contribution is 2.12. The third-order valence-electron chi connectivity index (χ3n) is 4.12. The third kappa shape index (κ3) is 2.95. The Bertz CT molecular complexity index is 941. The molecule has 6 nitrogen and oxygen atoms in total. The summed E-state index contributed by atoms with van der Waals surface area (Å²) in [5, 5.41) is 7.01. The SMILES string of the molecule is Cc1cc(C)n2c(=O)n(CC(=O)N[C@@H](C)c3ccccc3)ncc12. The van der Waals surface area contributed by atoms with E-state index >= 15 is 0 Å². The van der Waals surface area contributed by atoms with Crippen molar-refractivity contribution in [2.45, 2.75) is 33.4 Å². The van der Waals surface area contributed by atoms with Crippen LogP contribution in [-0.2, 0) is 11.3 Å². The quantitative estimate of drug-likeness (QED) is 0.798. The van der Waals surface area contributed by atoms with E-state index in [1.807, 2.05) is 57.2 Å². The topological polar surface area (TPSA) is 68.4 Å². The van der Waals surface area contributed by atoms with Crippen LogP contribution >= 0.6 is 0 Å². The predicted molar refractivity (Wildman–Crippen MR) is 91.9 cm³/mol. The van der Waals surface area contributed by atoms with Crippen molar-refractivity contribution in [3.8, 4) is 0 Å². The first-order valence-electron chi connectivity index (χ1n) is 7.86. The van der Waals surface area contributed by atoms with Gasteiger partial charge in [0.25, 0.3) is 0 Å². The molecule has 2 heterocycles. The van der Waals surface area contributed by atoms with Crippen molar-refractivity contribution in [3.05, 3.63) is 69.9 Å². The maximum Gasteiger partial charge on any atom is 0.349 e. The zero-order valence-corrected chi connectivity index (χ0v) is 14.0. The second kappa shape index (κ2) is 6.31. The number of aryl methyl sites for hydroxylation is 2. The Morgan fingerprint density at radius 3 is 2.67 bits per heavy atom. The van der Waals surface area contributed by atoms with Crippen LogP contribution in [0, 0.1) is 13.8 Å². The highest BCUT2D eigenvalue weighted by atomic mass is 16.2. The number of carbonyl (C=O) groups excluding carboxylic acids is 1. The van der Waals surface area contributed by atoms with Crippen molar-refractivity contribution in [2.75, 3.05) is 0 Å². The molecule has 2 aromatic heterocycles. The molecule has 24 heavy (non-hydrogen) atoms. The number of amides is 1. The van der Waals surface area contributed by atoms with E-state index in [1.54, 1.807) is 10.6 Å². The zero-order chi connectivity index (χ0) is 17.3. The number of aromatic nitrogens is 3. The fraction of sp³-hybridized carbons (Fsp3) is 0.278. The lowest BCUT2D eigenvalue weighted by Gasteiger charge is -2.14. The van der Waals surface area contributed by atoms with Gasteiger partial charge in [-0.3, -0.25) is 9.20 Å². The highest BCUT2D eigenvalue weighted by molar-refractivity contribution is 5.76. The lowest BCUT2D eigenvalue weighted by Crippen LogP contribution is -2.37. The summed E-state index contributed by atoms with van der Waals surface area (Å²) in [4.78, 5) is 24.8. The fourth-order valence-corrected chi connectivity index (χ4v) is 2.88. The molecule has 0 aliphatic carbocycles. The molecule has 1 aromatic carbocycles. The summed E-state index contributed by atoms with van der Waals surface area (Å²) in [6.45, 7) is 5.60. The highest BCUT2D eigenvalue weighted by Gasteiger charge is 2.13. The number of carbonyl (C=O) groups is 1. The first kappa shape index (κ1) is 16.0. The molecule has 1 amide bonds. The molecule has 0 unspecified atom stereocenters. The molecule has 0 aliphatic rings. The molecule has 0 radical (unpaired) electrons. The van der Waals surface area contributed by atoms with E-state index in [9.17, 15) is 9.59 Å². The summed E-state index contributed by atoms with van der Waals surface area (Å²) in [6, 6.07) is 11.5. The third-order valence-corrected chi connectivity index (χ3v) is 4.12. The van der Waals surface area contributed by atoms with Crippen molar-refractivity contribution in [3.63, 3.8) is 0 Å². The van der Waals surface area contributed by atoms with Gasteiger partial charge >= 0.3 is 5.69 Å². The molecule has 0 saturated heterocycles. The van der Waals surface area contributed by atoms with Crippen LogP contribution in [0.4, 0.5) is 0 Å². The van der Waals surface area contributed by atoms with Crippen LogP contribution in [0.3, 0.4) is 0 Å². The van der Waals surface area contributed by atoms with E-state index in [4.69, 9.17) is 0 Å². The van der Waals surface area contributed by atoms with Gasteiger partial charge in [-0.1, -0.05) is 30.3 Å². The van der Waals surface area contributed by atoms with Gasteiger partial charge in [-0.05, 0) is 38.0 Å². The van der Waals surface area contributed by atoms with Crippen LogP contribution in [0.2, 0.25) is 0 Å². The molecule has 1 atom stereocenters. The summed E-state index contributed by atoms with van der Waals surface area (Å²) >= 11 is 0. The first-order valence-corrected chi connectivity index (χ1v) is 7.86. The van der Waals surface area contributed by atoms with Gasteiger partial charge in [0.15, 0.2) is 0 Å². The van der Waals surface area contributed by atoms with Crippen molar-refractivity contribution >= 4 is 11.4 Å². The van der Waals surface area contributed by atoms with E-state index in [2.05, 4.69) is 10.4 Å². The molecule has 0 spiro atoms. The minimum atomic E-state index is -0.305. The van der Waals surface area contributed by atoms with E-state index in [0.29, 0.717) is 0 Å². The molecular formula is C18H20N4O2. The lowest BCUT2D eigenvalue weighted by molar-refractivity contribution is -0.122. The van der Waals surface area contributed by atoms with Crippen LogP contribution in [0.25, 0.3) is 5.52 Å². The van der Waals surface area contributed by atoms with Crippen LogP contribution in [-0.4, -0.2) is 20.1 Å². The molecule has 0 bridgehead atoms. The molecule has 6 heteroatoms. The number of hydrogen-bond donors (Lipinski definition) is 1. The van der Waals surface area contributed by atoms with Crippen molar-refractivity contribution in [1.82, 2.24) is 19.5 Å². The Morgan fingerprint density at radius 2 is 1.96 bits per heavy atom. The second-order valence-electron chi connectivity index (χ2n) is 5.97. The van der Waals surface area contributed by atoms with E-state index in [1.165, 1.54) is 4.68 Å². The Kier molecular flexibility index (Phi) is 4.20. The molecular weight excluding hydrogens is 304 g/mol. The van der Waals surface area contributed by atoms with Crippen LogP contribution in [0.5, 0.6) is 0 Å². The van der Waals surface area contributed by atoms with Crippen LogP contribution in [0.15, 0.2) is 47.4 Å². The minimum absolute atomic E-state index is 0.109. The maximum atomic E-state index is 12.5. The fourth-order valence-electron chi connectivity index (χ4n) is 2.88. The van der Waals surface area contributed by atoms with E-state index < -0.39 is 0 Å². The Hall–Kier alpha value is -2.89. The van der Waals surface area contributed by atoms with Crippen molar-refractivity contribution in [2.24, 2.45) is 0 Å². The van der Waals surface area contributed by atoms with E-state index in [0.717, 1.165) is 22.3 Å². The van der Waals surface area contributed by atoms with Crippen LogP contribution in [0.1, 0.15) is 29.8 Å². The molecule has 0 fully saturated rings. The maximum absolute atomic E-state index is 12.5. The number of nitrogens with one attached hydrogen (secondary N) is 1. The molecule has 3 aromatic rings. The average Bonchev–Trinajstić information content (AvgIpc) is 2.85. The smallest absolute Gasteiger partial charge is 0.348 e. The van der Waals surface area contributed by atoms with Gasteiger partial charge < -0.3 is 5.32 Å². The zero-order valence-electron chi connectivity index (χ0n) is 14.0. The number of fused-ring (bicyclic) bond motifs is 1.